The number of nitrogens with zero attached hydrogens (tertiary/aromatic N) is 3. The highest BCUT2D eigenvalue weighted by Gasteiger charge is 2.09. The molecule has 0 atom stereocenters. The van der Waals surface area contributed by atoms with Crippen molar-refractivity contribution in [2.45, 2.75) is 25.7 Å². The lowest BCUT2D eigenvalue weighted by atomic mass is 10.2. The van der Waals surface area contributed by atoms with Crippen molar-refractivity contribution in [3.63, 3.8) is 0 Å². The second-order valence-electron chi connectivity index (χ2n) is 4.78. The molecule has 1 aromatic carbocycles. The first-order valence-electron chi connectivity index (χ1n) is 6.96. The van der Waals surface area contributed by atoms with Crippen LogP contribution in [0.5, 0.6) is 0 Å². The van der Waals surface area contributed by atoms with Crippen LogP contribution < -0.4 is 10.2 Å². The summed E-state index contributed by atoms with van der Waals surface area (Å²) in [6.45, 7) is 2.29. The molecule has 1 aliphatic rings. The van der Waals surface area contributed by atoms with Crippen LogP contribution in [0, 0.1) is 11.5 Å². The molecule has 20 heavy (non-hydrogen) atoms. The zero-order chi connectivity index (χ0) is 14.2. The van der Waals surface area contributed by atoms with Gasteiger partial charge in [0.05, 0.1) is 5.69 Å². The van der Waals surface area contributed by atoms with Crippen LogP contribution in [0.2, 0.25) is 0 Å². The number of benzene rings is 1. The third-order valence-electron chi connectivity index (χ3n) is 3.41. The average Bonchev–Trinajstić information content (AvgIpc) is 2.76. The molecule has 1 aliphatic heterocycles. The van der Waals surface area contributed by atoms with Gasteiger partial charge in [0.25, 0.3) is 0 Å². The Kier molecular flexibility index (Phi) is 5.75. The van der Waals surface area contributed by atoms with Gasteiger partial charge < -0.3 is 4.90 Å². The normalized spacial score (nSPS) is 16.4. The van der Waals surface area contributed by atoms with Crippen molar-refractivity contribution in [1.82, 2.24) is 5.32 Å². The van der Waals surface area contributed by atoms with Crippen LogP contribution in [0.4, 0.5) is 11.4 Å². The van der Waals surface area contributed by atoms with Crippen molar-refractivity contribution in [3.8, 4) is 6.19 Å². The number of thioether (sulfide) groups is 1. The molecule has 5 heteroatoms. The van der Waals surface area contributed by atoms with Crippen LogP contribution in [-0.4, -0.2) is 24.5 Å². The number of rotatable bonds is 2. The van der Waals surface area contributed by atoms with Crippen molar-refractivity contribution in [3.05, 3.63) is 24.3 Å². The number of nitriles is 1. The molecule has 0 bridgehead atoms. The quantitative estimate of drug-likeness (QED) is 0.392. The Hall–Kier alpha value is -1.67. The molecule has 0 radical (unpaired) electrons. The van der Waals surface area contributed by atoms with E-state index < -0.39 is 0 Å². The Balaban J connectivity index is 2.07. The van der Waals surface area contributed by atoms with E-state index in [1.807, 2.05) is 24.6 Å². The zero-order valence-electron chi connectivity index (χ0n) is 11.8. The molecule has 0 saturated carbocycles. The maximum atomic E-state index is 8.62. The first kappa shape index (κ1) is 14.7. The third kappa shape index (κ3) is 4.17. The summed E-state index contributed by atoms with van der Waals surface area (Å²) < 4.78 is 0. The predicted molar refractivity (Wildman–Crippen MR) is 86.5 cm³/mol. The maximum absolute atomic E-state index is 8.62. The van der Waals surface area contributed by atoms with Crippen molar-refractivity contribution < 1.29 is 0 Å². The van der Waals surface area contributed by atoms with Gasteiger partial charge >= 0.3 is 0 Å². The van der Waals surface area contributed by atoms with E-state index >= 15 is 0 Å². The summed E-state index contributed by atoms with van der Waals surface area (Å²) in [6, 6.07) is 8.26. The van der Waals surface area contributed by atoms with Crippen molar-refractivity contribution in [1.29, 1.82) is 5.26 Å². The fourth-order valence-electron chi connectivity index (χ4n) is 2.36. The van der Waals surface area contributed by atoms with Gasteiger partial charge in [0.15, 0.2) is 11.4 Å². The van der Waals surface area contributed by atoms with Gasteiger partial charge in [-0.25, -0.2) is 4.99 Å². The van der Waals surface area contributed by atoms with E-state index in [2.05, 4.69) is 27.3 Å². The van der Waals surface area contributed by atoms with Crippen LogP contribution in [-0.2, 0) is 0 Å². The Morgan fingerprint density at radius 1 is 1.20 bits per heavy atom. The van der Waals surface area contributed by atoms with Gasteiger partial charge in [0, 0.05) is 18.8 Å². The average molecular weight is 288 g/mol. The molecule has 1 N–H and O–H groups in total. The largest absolute Gasteiger partial charge is 0.372 e. The molecule has 0 aliphatic carbocycles. The van der Waals surface area contributed by atoms with E-state index in [-0.39, 0.29) is 0 Å². The molecule has 0 spiro atoms. The topological polar surface area (TPSA) is 51.4 Å². The van der Waals surface area contributed by atoms with E-state index in [9.17, 15) is 0 Å². The van der Waals surface area contributed by atoms with Crippen LogP contribution in [0.15, 0.2) is 29.3 Å². The fraction of sp³-hybridized carbons (Fsp3) is 0.467. The van der Waals surface area contributed by atoms with E-state index in [1.165, 1.54) is 43.1 Å². The molecule has 1 saturated heterocycles. The Labute approximate surface area is 124 Å². The standard InChI is InChI=1S/C15H20N4S/c1-20-15(17-12-16)18-13-6-8-14(9-7-13)19-10-4-2-3-5-11-19/h6-9H,2-5,10-11H2,1H3,(H,17,18). The second kappa shape index (κ2) is 7.81. The summed E-state index contributed by atoms with van der Waals surface area (Å²) >= 11 is 1.43. The van der Waals surface area contributed by atoms with E-state index in [0.717, 1.165) is 18.8 Å². The molecule has 106 valence electrons. The van der Waals surface area contributed by atoms with Gasteiger partial charge in [-0.2, -0.15) is 5.26 Å². The molecule has 0 unspecified atom stereocenters. The maximum Gasteiger partial charge on any atom is 0.183 e. The van der Waals surface area contributed by atoms with Crippen LogP contribution in [0.3, 0.4) is 0 Å². The van der Waals surface area contributed by atoms with Gasteiger partial charge in [-0.3, -0.25) is 5.32 Å². The number of anilines is 1. The number of amidine groups is 1. The lowest BCUT2D eigenvalue weighted by molar-refractivity contribution is 0.726. The highest BCUT2D eigenvalue weighted by molar-refractivity contribution is 8.13. The minimum absolute atomic E-state index is 0.620. The summed E-state index contributed by atoms with van der Waals surface area (Å²) in [5.41, 5.74) is 2.14. The van der Waals surface area contributed by atoms with Gasteiger partial charge in [0.2, 0.25) is 0 Å². The third-order valence-corrected chi connectivity index (χ3v) is 3.99. The molecule has 1 fully saturated rings. The van der Waals surface area contributed by atoms with Crippen LogP contribution >= 0.6 is 11.8 Å². The fourth-order valence-corrected chi connectivity index (χ4v) is 2.70. The predicted octanol–water partition coefficient (Wildman–Crippen LogP) is 3.49. The zero-order valence-corrected chi connectivity index (χ0v) is 12.6. The van der Waals surface area contributed by atoms with Crippen molar-refractivity contribution >= 4 is 28.3 Å². The first-order valence-corrected chi connectivity index (χ1v) is 8.19. The number of hydrogen-bond acceptors (Lipinski definition) is 4. The molecule has 1 aromatic rings. The lowest BCUT2D eigenvalue weighted by Crippen LogP contribution is -2.23. The summed E-state index contributed by atoms with van der Waals surface area (Å²) in [4.78, 5) is 6.85. The number of nitrogens with one attached hydrogen (secondary N) is 1. The number of aliphatic imine (C=N–C) groups is 1. The highest BCUT2D eigenvalue weighted by atomic mass is 32.2. The molecule has 1 heterocycles. The van der Waals surface area contributed by atoms with E-state index in [1.54, 1.807) is 0 Å². The Morgan fingerprint density at radius 2 is 1.85 bits per heavy atom. The van der Waals surface area contributed by atoms with Crippen molar-refractivity contribution in [2.75, 3.05) is 24.2 Å². The molecular weight excluding hydrogens is 268 g/mol. The van der Waals surface area contributed by atoms with Gasteiger partial charge in [-0.15, -0.1) is 0 Å². The monoisotopic (exact) mass is 288 g/mol. The molecule has 2 rings (SSSR count). The lowest BCUT2D eigenvalue weighted by Gasteiger charge is -2.22. The van der Waals surface area contributed by atoms with E-state index in [0.29, 0.717) is 5.17 Å². The smallest absolute Gasteiger partial charge is 0.183 e. The summed E-state index contributed by atoms with van der Waals surface area (Å²) in [7, 11) is 0. The summed E-state index contributed by atoms with van der Waals surface area (Å²) in [5, 5.41) is 11.8. The Bertz CT molecular complexity index is 482. The molecule has 4 nitrogen and oxygen atoms in total. The van der Waals surface area contributed by atoms with Gasteiger partial charge in [-0.1, -0.05) is 24.6 Å². The summed E-state index contributed by atoms with van der Waals surface area (Å²) in [6.07, 6.45) is 9.04. The SMILES string of the molecule is CSC(=Nc1ccc(N2CCCCCC2)cc1)NC#N. The minimum Gasteiger partial charge on any atom is -0.372 e. The second-order valence-corrected chi connectivity index (χ2v) is 5.57. The molecular formula is C15H20N4S. The van der Waals surface area contributed by atoms with Gasteiger partial charge in [-0.05, 0) is 43.4 Å². The van der Waals surface area contributed by atoms with Crippen molar-refractivity contribution in [2.24, 2.45) is 4.99 Å². The van der Waals surface area contributed by atoms with Crippen LogP contribution in [0.1, 0.15) is 25.7 Å². The van der Waals surface area contributed by atoms with E-state index in [4.69, 9.17) is 5.26 Å². The Morgan fingerprint density at radius 3 is 2.40 bits per heavy atom. The molecule has 0 aromatic heterocycles. The molecule has 0 amide bonds. The van der Waals surface area contributed by atoms with Crippen LogP contribution in [0.25, 0.3) is 0 Å². The number of hydrogen-bond donors (Lipinski definition) is 1. The summed E-state index contributed by atoms with van der Waals surface area (Å²) in [5.74, 6) is 0. The highest BCUT2D eigenvalue weighted by Crippen LogP contribution is 2.23. The first-order chi connectivity index (χ1) is 9.83. The minimum atomic E-state index is 0.620. The van der Waals surface area contributed by atoms with Gasteiger partial charge in [0.1, 0.15) is 0 Å².